The lowest BCUT2D eigenvalue weighted by molar-refractivity contribution is -0.730. The number of nitrogens with zero attached hydrogens (tertiary/aromatic N) is 1. The van der Waals surface area contributed by atoms with E-state index in [-0.39, 0.29) is 27.7 Å². The van der Waals surface area contributed by atoms with Gasteiger partial charge in [0.25, 0.3) is 4.92 Å². The third-order valence-electron chi connectivity index (χ3n) is 1.90. The van der Waals surface area contributed by atoms with E-state index in [2.05, 4.69) is 0 Å². The van der Waals surface area contributed by atoms with Crippen molar-refractivity contribution in [2.75, 3.05) is 13.7 Å². The highest BCUT2D eigenvalue weighted by Crippen LogP contribution is 2.37. The molecule has 0 aliphatic rings. The smallest absolute Gasteiger partial charge is 0.362 e. The maximum atomic E-state index is 10.9. The Hall–Kier alpha value is -2.11. The first-order chi connectivity index (χ1) is 7.63. The van der Waals surface area contributed by atoms with Crippen molar-refractivity contribution in [1.82, 2.24) is 0 Å². The molecule has 0 radical (unpaired) electrons. The highest BCUT2D eigenvalue weighted by Gasteiger charge is 2.25. The lowest BCUT2D eigenvalue weighted by atomic mass is 10.2. The zero-order valence-corrected chi connectivity index (χ0v) is 8.97. The lowest BCUT2D eigenvalue weighted by Gasteiger charge is -2.08. The van der Waals surface area contributed by atoms with Crippen LogP contribution in [0, 0.1) is 4.91 Å². The number of carbonyl (C=O) groups is 1. The van der Waals surface area contributed by atoms with E-state index >= 15 is 0 Å². The van der Waals surface area contributed by atoms with Gasteiger partial charge >= 0.3 is 5.69 Å². The molecule has 0 aliphatic heterocycles. The van der Waals surface area contributed by atoms with Gasteiger partial charge in [-0.25, -0.2) is 5.21 Å². The summed E-state index contributed by atoms with van der Waals surface area (Å²) < 4.78 is 10.1. The molecule has 1 rings (SSSR count). The zero-order chi connectivity index (χ0) is 12.1. The van der Waals surface area contributed by atoms with Gasteiger partial charge in [0.1, 0.15) is 6.29 Å². The second-order valence-electron chi connectivity index (χ2n) is 2.90. The third kappa shape index (κ3) is 2.28. The molecule has 0 heterocycles. The fraction of sp³-hybridized carbons (Fsp3) is 0.300. The van der Waals surface area contributed by atoms with Crippen molar-refractivity contribution in [3.63, 3.8) is 0 Å². The molecule has 1 N–H and O–H groups in total. The quantitative estimate of drug-likeness (QED) is 0.611. The SMILES string of the molecule is CCOc1cc(C=O)cc([N+](=O)O)c1OC. The van der Waals surface area contributed by atoms with E-state index < -0.39 is 0 Å². The number of methoxy groups -OCH3 is 1. The Morgan fingerprint density at radius 1 is 1.50 bits per heavy atom. The average molecular weight is 226 g/mol. The molecule has 0 aromatic heterocycles. The van der Waals surface area contributed by atoms with E-state index in [1.54, 1.807) is 6.92 Å². The molecule has 0 atom stereocenters. The van der Waals surface area contributed by atoms with Crippen LogP contribution in [0.3, 0.4) is 0 Å². The van der Waals surface area contributed by atoms with Gasteiger partial charge in [-0.1, -0.05) is 0 Å². The van der Waals surface area contributed by atoms with Crippen molar-refractivity contribution in [2.24, 2.45) is 0 Å². The molecule has 1 aromatic carbocycles. The number of hydrogen-bond acceptors (Lipinski definition) is 4. The van der Waals surface area contributed by atoms with Gasteiger partial charge in [-0.15, -0.1) is 0 Å². The maximum absolute atomic E-state index is 10.9. The summed E-state index contributed by atoms with van der Waals surface area (Å²) in [5, 5.41) is 8.87. The fourth-order valence-corrected chi connectivity index (χ4v) is 1.29. The first-order valence-corrected chi connectivity index (χ1v) is 4.60. The number of ether oxygens (including phenoxy) is 2. The summed E-state index contributed by atoms with van der Waals surface area (Å²) in [5.74, 6) is 0.324. The molecular weight excluding hydrogens is 214 g/mol. The molecule has 86 valence electrons. The van der Waals surface area contributed by atoms with Gasteiger partial charge in [0.05, 0.1) is 18.6 Å². The average Bonchev–Trinajstić information content (AvgIpc) is 2.28. The van der Waals surface area contributed by atoms with Crippen molar-refractivity contribution < 1.29 is 24.4 Å². The van der Waals surface area contributed by atoms with E-state index in [0.717, 1.165) is 0 Å². The van der Waals surface area contributed by atoms with Crippen LogP contribution in [-0.2, 0) is 0 Å². The van der Waals surface area contributed by atoms with Crippen LogP contribution in [0.1, 0.15) is 17.3 Å². The van der Waals surface area contributed by atoms with Gasteiger partial charge in [-0.2, -0.15) is 0 Å². The largest absolute Gasteiger partial charge is 0.490 e. The second-order valence-corrected chi connectivity index (χ2v) is 2.90. The minimum atomic E-state index is -0.367. The molecule has 0 fully saturated rings. The highest BCUT2D eigenvalue weighted by atomic mass is 16.6. The Kier molecular flexibility index (Phi) is 3.82. The van der Waals surface area contributed by atoms with Crippen molar-refractivity contribution in [3.8, 4) is 11.5 Å². The molecule has 0 aliphatic carbocycles. The summed E-state index contributed by atoms with van der Waals surface area (Å²) in [5.41, 5.74) is 0.0460. The Labute approximate surface area is 91.9 Å². The van der Waals surface area contributed by atoms with E-state index in [1.807, 2.05) is 0 Å². The molecule has 0 unspecified atom stereocenters. The van der Waals surface area contributed by atoms with Crippen LogP contribution < -0.4 is 9.47 Å². The van der Waals surface area contributed by atoms with Gasteiger partial charge in [0.15, 0.2) is 5.75 Å². The number of hydrogen-bond donors (Lipinski definition) is 1. The summed E-state index contributed by atoms with van der Waals surface area (Å²) in [4.78, 5) is 21.1. The number of rotatable bonds is 5. The first-order valence-electron chi connectivity index (χ1n) is 4.60. The van der Waals surface area contributed by atoms with Crippen LogP contribution in [-0.4, -0.2) is 30.1 Å². The second kappa shape index (κ2) is 5.11. The Balaban J connectivity index is 3.39. The summed E-state index contributed by atoms with van der Waals surface area (Å²) in [7, 11) is 1.34. The third-order valence-corrected chi connectivity index (χ3v) is 1.90. The van der Waals surface area contributed by atoms with Crippen LogP contribution in [0.25, 0.3) is 0 Å². The van der Waals surface area contributed by atoms with Crippen LogP contribution in [0.4, 0.5) is 5.69 Å². The van der Waals surface area contributed by atoms with Crippen molar-refractivity contribution in [2.45, 2.75) is 6.92 Å². The minimum Gasteiger partial charge on any atom is -0.490 e. The summed E-state index contributed by atoms with van der Waals surface area (Å²) in [6.07, 6.45) is 0.551. The number of aldehydes is 1. The molecule has 1 aromatic rings. The van der Waals surface area contributed by atoms with Gasteiger partial charge in [0, 0.05) is 11.6 Å². The van der Waals surface area contributed by atoms with E-state index in [9.17, 15) is 9.70 Å². The zero-order valence-electron chi connectivity index (χ0n) is 8.97. The van der Waals surface area contributed by atoms with E-state index in [4.69, 9.17) is 14.7 Å². The minimum absolute atomic E-state index is 0.0879. The van der Waals surface area contributed by atoms with E-state index in [0.29, 0.717) is 12.9 Å². The molecular formula is C10H12NO5+. The maximum Gasteiger partial charge on any atom is 0.362 e. The number of benzene rings is 1. The predicted octanol–water partition coefficient (Wildman–Crippen LogP) is 1.71. The topological polar surface area (TPSA) is 75.8 Å². The number of carbonyl (C=O) groups excluding carboxylic acids is 1. The Bertz CT molecular complexity index is 416. The van der Waals surface area contributed by atoms with Crippen LogP contribution in [0.15, 0.2) is 12.1 Å². The Morgan fingerprint density at radius 2 is 2.19 bits per heavy atom. The molecule has 6 heteroatoms. The summed E-state index contributed by atoms with van der Waals surface area (Å²) in [6.45, 7) is 2.10. The summed E-state index contributed by atoms with van der Waals surface area (Å²) >= 11 is 0. The van der Waals surface area contributed by atoms with Gasteiger partial charge in [-0.3, -0.25) is 4.79 Å². The molecule has 0 saturated heterocycles. The summed E-state index contributed by atoms with van der Waals surface area (Å²) in [6, 6.07) is 2.64. The normalized spacial score (nSPS) is 9.62. The van der Waals surface area contributed by atoms with Crippen molar-refractivity contribution in [1.29, 1.82) is 0 Å². The van der Waals surface area contributed by atoms with Gasteiger partial charge in [-0.05, 0) is 13.0 Å². The van der Waals surface area contributed by atoms with Gasteiger partial charge < -0.3 is 9.47 Å². The van der Waals surface area contributed by atoms with Crippen LogP contribution in [0.2, 0.25) is 0 Å². The molecule has 0 bridgehead atoms. The standard InChI is InChI=1S/C10H12NO5/c1-3-16-9-5-7(6-12)4-8(11(13)14)10(9)15-2/h4-6H,3H2,1-2H3,(H,13,14)/q+1. The molecule has 0 saturated carbocycles. The van der Waals surface area contributed by atoms with E-state index in [1.165, 1.54) is 19.2 Å². The monoisotopic (exact) mass is 226 g/mol. The van der Waals surface area contributed by atoms with Crippen molar-refractivity contribution >= 4 is 12.0 Å². The van der Waals surface area contributed by atoms with Crippen molar-refractivity contribution in [3.05, 3.63) is 22.6 Å². The van der Waals surface area contributed by atoms with Crippen LogP contribution >= 0.6 is 0 Å². The fourth-order valence-electron chi connectivity index (χ4n) is 1.29. The predicted molar refractivity (Wildman–Crippen MR) is 54.6 cm³/mol. The molecule has 0 amide bonds. The van der Waals surface area contributed by atoms with Gasteiger partial charge in [0.2, 0.25) is 5.75 Å². The Morgan fingerprint density at radius 3 is 2.62 bits per heavy atom. The first kappa shape index (κ1) is 12.0. The highest BCUT2D eigenvalue weighted by molar-refractivity contribution is 5.79. The lowest BCUT2D eigenvalue weighted by Crippen LogP contribution is -2.02. The molecule has 6 nitrogen and oxygen atoms in total. The molecule has 0 spiro atoms. The molecule has 16 heavy (non-hydrogen) atoms. The van der Waals surface area contributed by atoms with Crippen LogP contribution in [0.5, 0.6) is 11.5 Å².